The number of piperazine rings is 1. The largest absolute Gasteiger partial charge is 0.497 e. The van der Waals surface area contributed by atoms with Crippen LogP contribution in [0.1, 0.15) is 23.0 Å². The number of thiazole rings is 1. The van der Waals surface area contributed by atoms with E-state index in [1.54, 1.807) is 35.3 Å². The van der Waals surface area contributed by atoms with Crippen molar-refractivity contribution < 1.29 is 9.13 Å². The molecular weight excluding hydrogens is 489 g/mol. The van der Waals surface area contributed by atoms with Gasteiger partial charge in [-0.05, 0) is 58.0 Å². The number of halogens is 1. The van der Waals surface area contributed by atoms with E-state index in [-0.39, 0.29) is 11.9 Å². The average molecular weight is 516 g/mol. The van der Waals surface area contributed by atoms with Crippen molar-refractivity contribution in [3.05, 3.63) is 95.6 Å². The number of aromatic nitrogens is 5. The number of fused-ring (bicyclic) bond motifs is 1. The molecule has 0 spiro atoms. The van der Waals surface area contributed by atoms with Gasteiger partial charge < -0.3 is 9.64 Å². The summed E-state index contributed by atoms with van der Waals surface area (Å²) in [7, 11) is 1.65. The number of anilines is 1. The molecule has 8 nitrogen and oxygen atoms in total. The molecule has 2 aromatic heterocycles. The number of methoxy groups -OCH3 is 1. The number of nitrogens with zero attached hydrogens (tertiary/aromatic N) is 7. The first kappa shape index (κ1) is 23.5. The molecule has 1 fully saturated rings. The van der Waals surface area contributed by atoms with Crippen LogP contribution in [0, 0.1) is 5.82 Å². The molecule has 1 saturated heterocycles. The lowest BCUT2D eigenvalue weighted by Crippen LogP contribution is -2.48. The van der Waals surface area contributed by atoms with Gasteiger partial charge in [-0.3, -0.25) is 4.90 Å². The van der Waals surface area contributed by atoms with E-state index in [1.807, 2.05) is 48.5 Å². The molecule has 1 aliphatic heterocycles. The minimum absolute atomic E-state index is 0.273. The summed E-state index contributed by atoms with van der Waals surface area (Å²) < 4.78 is 22.6. The molecule has 37 heavy (non-hydrogen) atoms. The quantitative estimate of drug-likeness (QED) is 0.318. The van der Waals surface area contributed by atoms with Crippen molar-refractivity contribution in [2.75, 3.05) is 38.2 Å². The molecule has 1 unspecified atom stereocenters. The van der Waals surface area contributed by atoms with Gasteiger partial charge in [0.15, 0.2) is 11.0 Å². The van der Waals surface area contributed by atoms with Crippen LogP contribution in [-0.4, -0.2) is 63.4 Å². The average Bonchev–Trinajstić information content (AvgIpc) is 3.57. The molecule has 10 heteroatoms. The fourth-order valence-corrected chi connectivity index (χ4v) is 5.81. The lowest BCUT2D eigenvalue weighted by atomic mass is 10.0. The SMILES string of the molecule is COc1ccc(Cn2nnnc2C(c2cccc(F)c2)N2CCN(c3nc4ccccc4s3)CC2)cc1. The predicted molar refractivity (Wildman–Crippen MR) is 142 cm³/mol. The summed E-state index contributed by atoms with van der Waals surface area (Å²) in [5, 5.41) is 13.7. The first-order valence-corrected chi connectivity index (χ1v) is 13.0. The Morgan fingerprint density at radius 3 is 2.54 bits per heavy atom. The zero-order valence-electron chi connectivity index (χ0n) is 20.4. The maximum absolute atomic E-state index is 14.3. The second-order valence-corrected chi connectivity index (χ2v) is 10.00. The summed E-state index contributed by atoms with van der Waals surface area (Å²) >= 11 is 1.72. The molecule has 0 saturated carbocycles. The molecule has 6 rings (SSSR count). The van der Waals surface area contributed by atoms with Gasteiger partial charge in [0.25, 0.3) is 0 Å². The standard InChI is InChI=1S/C27H26FN7OS/c1-36-22-11-9-19(10-12-22)18-35-26(30-31-32-35)25(20-5-4-6-21(28)17-20)33-13-15-34(16-14-33)27-29-23-7-2-3-8-24(23)37-27/h2-12,17,25H,13-16,18H2,1H3. The van der Waals surface area contributed by atoms with Gasteiger partial charge in [0.05, 0.1) is 29.9 Å². The maximum atomic E-state index is 14.3. The van der Waals surface area contributed by atoms with Crippen LogP contribution in [0.15, 0.2) is 72.8 Å². The van der Waals surface area contributed by atoms with Crippen LogP contribution in [0.5, 0.6) is 5.75 Å². The molecule has 1 aliphatic rings. The maximum Gasteiger partial charge on any atom is 0.186 e. The van der Waals surface area contributed by atoms with Gasteiger partial charge in [-0.25, -0.2) is 14.1 Å². The van der Waals surface area contributed by atoms with E-state index in [0.29, 0.717) is 12.4 Å². The van der Waals surface area contributed by atoms with Crippen LogP contribution in [0.3, 0.4) is 0 Å². The van der Waals surface area contributed by atoms with E-state index >= 15 is 0 Å². The van der Waals surface area contributed by atoms with Gasteiger partial charge in [-0.2, -0.15) is 0 Å². The third-order valence-electron chi connectivity index (χ3n) is 6.69. The molecule has 0 bridgehead atoms. The van der Waals surface area contributed by atoms with Crippen molar-refractivity contribution in [3.8, 4) is 5.75 Å². The molecular formula is C27H26FN7OS. The summed E-state index contributed by atoms with van der Waals surface area (Å²) in [4.78, 5) is 9.48. The normalized spacial score (nSPS) is 15.2. The highest BCUT2D eigenvalue weighted by atomic mass is 32.1. The highest BCUT2D eigenvalue weighted by Crippen LogP contribution is 2.32. The molecule has 5 aromatic rings. The van der Waals surface area contributed by atoms with Crippen molar-refractivity contribution >= 4 is 26.7 Å². The van der Waals surface area contributed by atoms with Gasteiger partial charge in [-0.1, -0.05) is 47.7 Å². The van der Waals surface area contributed by atoms with Gasteiger partial charge in [0.2, 0.25) is 0 Å². The number of hydrogen-bond donors (Lipinski definition) is 0. The van der Waals surface area contributed by atoms with E-state index < -0.39 is 0 Å². The van der Waals surface area contributed by atoms with Crippen molar-refractivity contribution in [2.45, 2.75) is 12.6 Å². The number of tetrazole rings is 1. The van der Waals surface area contributed by atoms with Crippen molar-refractivity contribution in [1.29, 1.82) is 0 Å². The molecule has 0 radical (unpaired) electrons. The Kier molecular flexibility index (Phi) is 6.50. The number of para-hydroxylation sites is 1. The lowest BCUT2D eigenvalue weighted by molar-refractivity contribution is 0.201. The van der Waals surface area contributed by atoms with E-state index in [0.717, 1.165) is 53.7 Å². The van der Waals surface area contributed by atoms with Crippen LogP contribution in [0.25, 0.3) is 10.2 Å². The van der Waals surface area contributed by atoms with Crippen LogP contribution in [0.2, 0.25) is 0 Å². The van der Waals surface area contributed by atoms with Crippen molar-refractivity contribution in [3.63, 3.8) is 0 Å². The Hall–Kier alpha value is -3.89. The topological polar surface area (TPSA) is 72.2 Å². The summed E-state index contributed by atoms with van der Waals surface area (Å²) in [6.45, 7) is 3.67. The van der Waals surface area contributed by atoms with Gasteiger partial charge in [-0.15, -0.1) is 5.10 Å². The van der Waals surface area contributed by atoms with E-state index in [4.69, 9.17) is 9.72 Å². The van der Waals surface area contributed by atoms with E-state index in [9.17, 15) is 4.39 Å². The molecule has 0 amide bonds. The Balaban J connectivity index is 1.27. The zero-order chi connectivity index (χ0) is 25.2. The molecule has 0 aliphatic carbocycles. The fourth-order valence-electron chi connectivity index (χ4n) is 4.79. The summed E-state index contributed by atoms with van der Waals surface area (Å²) in [5.74, 6) is 1.21. The number of benzene rings is 3. The number of hydrogen-bond acceptors (Lipinski definition) is 8. The highest BCUT2D eigenvalue weighted by Gasteiger charge is 2.31. The van der Waals surface area contributed by atoms with Gasteiger partial charge >= 0.3 is 0 Å². The Morgan fingerprint density at radius 1 is 0.973 bits per heavy atom. The van der Waals surface area contributed by atoms with Crippen LogP contribution in [0.4, 0.5) is 9.52 Å². The van der Waals surface area contributed by atoms with E-state index in [1.165, 1.54) is 10.8 Å². The third-order valence-corrected chi connectivity index (χ3v) is 7.79. The number of ether oxygens (including phenoxy) is 1. The molecule has 1 atom stereocenters. The Bertz CT molecular complexity index is 1460. The second kappa shape index (κ2) is 10.2. The zero-order valence-corrected chi connectivity index (χ0v) is 21.2. The predicted octanol–water partition coefficient (Wildman–Crippen LogP) is 4.39. The number of rotatable bonds is 7. The van der Waals surface area contributed by atoms with Crippen LogP contribution < -0.4 is 9.64 Å². The first-order valence-electron chi connectivity index (χ1n) is 12.2. The monoisotopic (exact) mass is 515 g/mol. The molecule has 188 valence electrons. The molecule has 3 heterocycles. The minimum atomic E-state index is -0.276. The first-order chi connectivity index (χ1) is 18.2. The molecule has 3 aromatic carbocycles. The van der Waals surface area contributed by atoms with Crippen LogP contribution >= 0.6 is 11.3 Å². The molecule has 0 N–H and O–H groups in total. The van der Waals surface area contributed by atoms with Crippen molar-refractivity contribution in [2.24, 2.45) is 0 Å². The summed E-state index contributed by atoms with van der Waals surface area (Å²) in [5.41, 5.74) is 2.91. The van der Waals surface area contributed by atoms with Gasteiger partial charge in [0.1, 0.15) is 11.6 Å². The van der Waals surface area contributed by atoms with Gasteiger partial charge in [0, 0.05) is 26.2 Å². The minimum Gasteiger partial charge on any atom is -0.497 e. The Morgan fingerprint density at radius 2 is 1.78 bits per heavy atom. The smallest absolute Gasteiger partial charge is 0.186 e. The lowest BCUT2D eigenvalue weighted by Gasteiger charge is -2.38. The Labute approximate surface area is 217 Å². The van der Waals surface area contributed by atoms with E-state index in [2.05, 4.69) is 31.4 Å². The highest BCUT2D eigenvalue weighted by molar-refractivity contribution is 7.22. The summed E-state index contributed by atoms with van der Waals surface area (Å²) in [6.07, 6.45) is 0. The summed E-state index contributed by atoms with van der Waals surface area (Å²) in [6, 6.07) is 22.5. The van der Waals surface area contributed by atoms with Crippen molar-refractivity contribution in [1.82, 2.24) is 30.1 Å². The fraction of sp³-hybridized carbons (Fsp3) is 0.259. The third kappa shape index (κ3) is 4.90. The second-order valence-electron chi connectivity index (χ2n) is 8.99. The van der Waals surface area contributed by atoms with Crippen LogP contribution in [-0.2, 0) is 6.54 Å².